The Morgan fingerprint density at radius 3 is 2.50 bits per heavy atom. The molecule has 2 nitrogen and oxygen atoms in total. The number of benzene rings is 1. The molecule has 0 aliphatic carbocycles. The van der Waals surface area contributed by atoms with Gasteiger partial charge in [-0.05, 0) is 45.5 Å². The minimum absolute atomic E-state index is 0.0651. The molecule has 1 aromatic carbocycles. The molecule has 0 heterocycles. The van der Waals surface area contributed by atoms with Crippen LogP contribution >= 0.6 is 15.9 Å². The summed E-state index contributed by atoms with van der Waals surface area (Å²) in [6, 6.07) is 5.21. The van der Waals surface area contributed by atoms with Crippen molar-refractivity contribution in [1.82, 2.24) is 5.43 Å². The van der Waals surface area contributed by atoms with Gasteiger partial charge >= 0.3 is 0 Å². The molecule has 3 N–H and O–H groups in total. The molecule has 0 bridgehead atoms. The maximum absolute atomic E-state index is 13.1. The first-order chi connectivity index (χ1) is 7.34. The summed E-state index contributed by atoms with van der Waals surface area (Å²) in [5, 5.41) is 0. The lowest BCUT2D eigenvalue weighted by Crippen LogP contribution is -2.45. The Morgan fingerprint density at radius 2 is 2.06 bits per heavy atom. The second kappa shape index (κ2) is 5.25. The Hall–Kier alpha value is -0.450. The van der Waals surface area contributed by atoms with Crippen molar-refractivity contribution in [3.05, 3.63) is 34.1 Å². The first-order valence-corrected chi connectivity index (χ1v) is 6.04. The largest absolute Gasteiger partial charge is 0.271 e. The zero-order chi connectivity index (χ0) is 12.3. The molecule has 1 rings (SSSR count). The molecule has 1 unspecified atom stereocenters. The van der Waals surface area contributed by atoms with E-state index in [0.29, 0.717) is 4.47 Å². The molecule has 0 saturated carbocycles. The Labute approximate surface area is 105 Å². The lowest BCUT2D eigenvalue weighted by atomic mass is 9.83. The molecule has 0 spiro atoms. The lowest BCUT2D eigenvalue weighted by molar-refractivity contribution is 0.269. The van der Waals surface area contributed by atoms with Gasteiger partial charge < -0.3 is 0 Å². The molecule has 0 aliphatic rings. The Bertz CT molecular complexity index is 361. The zero-order valence-electron chi connectivity index (χ0n) is 9.85. The summed E-state index contributed by atoms with van der Waals surface area (Å²) in [5.41, 5.74) is 3.94. The summed E-state index contributed by atoms with van der Waals surface area (Å²) in [6.07, 6.45) is 0.777. The van der Waals surface area contributed by atoms with Crippen molar-refractivity contribution in [2.45, 2.75) is 33.2 Å². The van der Waals surface area contributed by atoms with Crippen molar-refractivity contribution < 1.29 is 4.39 Å². The maximum Gasteiger partial charge on any atom is 0.137 e. The summed E-state index contributed by atoms with van der Waals surface area (Å²) in [7, 11) is 0. The van der Waals surface area contributed by atoms with Gasteiger partial charge in [0, 0.05) is 6.04 Å². The van der Waals surface area contributed by atoms with E-state index in [9.17, 15) is 4.39 Å². The van der Waals surface area contributed by atoms with Crippen LogP contribution in [0.4, 0.5) is 4.39 Å². The monoisotopic (exact) mass is 288 g/mol. The van der Waals surface area contributed by atoms with Crippen molar-refractivity contribution in [1.29, 1.82) is 0 Å². The zero-order valence-corrected chi connectivity index (χ0v) is 11.4. The van der Waals surface area contributed by atoms with Gasteiger partial charge in [-0.25, -0.2) is 4.39 Å². The number of nitrogens with one attached hydrogen (secondary N) is 1. The van der Waals surface area contributed by atoms with Gasteiger partial charge in [0.2, 0.25) is 0 Å². The first-order valence-electron chi connectivity index (χ1n) is 5.24. The third-order valence-electron chi connectivity index (χ3n) is 2.67. The fraction of sp³-hybridized carbons (Fsp3) is 0.500. The highest BCUT2D eigenvalue weighted by Gasteiger charge is 2.23. The van der Waals surface area contributed by atoms with Gasteiger partial charge in [0.25, 0.3) is 0 Å². The van der Waals surface area contributed by atoms with E-state index in [1.54, 1.807) is 12.1 Å². The molecular formula is C12H18BrFN2. The molecule has 4 heteroatoms. The fourth-order valence-electron chi connectivity index (χ4n) is 1.52. The van der Waals surface area contributed by atoms with Crippen LogP contribution in [-0.2, 0) is 6.42 Å². The van der Waals surface area contributed by atoms with Crippen LogP contribution < -0.4 is 11.3 Å². The molecule has 0 aromatic heterocycles. The van der Waals surface area contributed by atoms with Gasteiger partial charge in [0.1, 0.15) is 5.82 Å². The van der Waals surface area contributed by atoms with E-state index in [1.807, 2.05) is 0 Å². The summed E-state index contributed by atoms with van der Waals surface area (Å²) < 4.78 is 13.6. The van der Waals surface area contributed by atoms with Crippen LogP contribution in [0.2, 0.25) is 0 Å². The first kappa shape index (κ1) is 13.6. The normalized spacial score (nSPS) is 13.9. The van der Waals surface area contributed by atoms with E-state index in [1.165, 1.54) is 6.07 Å². The predicted octanol–water partition coefficient (Wildman–Crippen LogP) is 3.01. The molecular weight excluding hydrogens is 271 g/mol. The van der Waals surface area contributed by atoms with Crippen molar-refractivity contribution in [2.24, 2.45) is 11.3 Å². The average Bonchev–Trinajstić information content (AvgIpc) is 2.18. The quantitative estimate of drug-likeness (QED) is 0.663. The lowest BCUT2D eigenvalue weighted by Gasteiger charge is -2.30. The van der Waals surface area contributed by atoms with E-state index >= 15 is 0 Å². The Kier molecular flexibility index (Phi) is 4.47. The number of nitrogens with two attached hydrogens (primary N) is 1. The van der Waals surface area contributed by atoms with Crippen LogP contribution in [0.25, 0.3) is 0 Å². The van der Waals surface area contributed by atoms with Crippen molar-refractivity contribution in [3.8, 4) is 0 Å². The number of hydrogen-bond acceptors (Lipinski definition) is 2. The van der Waals surface area contributed by atoms with Crippen LogP contribution in [0.3, 0.4) is 0 Å². The van der Waals surface area contributed by atoms with Crippen LogP contribution in [0, 0.1) is 11.2 Å². The summed E-state index contributed by atoms with van der Waals surface area (Å²) in [6.45, 7) is 6.36. The molecule has 1 aromatic rings. The SMILES string of the molecule is CC(C)(C)C(Cc1ccc(F)c(Br)c1)NN. The van der Waals surface area contributed by atoms with Gasteiger partial charge in [-0.15, -0.1) is 0 Å². The van der Waals surface area contributed by atoms with Gasteiger partial charge in [-0.3, -0.25) is 11.3 Å². The van der Waals surface area contributed by atoms with Gasteiger partial charge in [0.05, 0.1) is 4.47 Å². The summed E-state index contributed by atoms with van der Waals surface area (Å²) >= 11 is 3.18. The number of halogens is 2. The molecule has 0 saturated heterocycles. The average molecular weight is 289 g/mol. The standard InChI is InChI=1S/C12H18BrFN2/c1-12(2,3)11(16-15)7-8-4-5-10(14)9(13)6-8/h4-6,11,16H,7,15H2,1-3H3. The Morgan fingerprint density at radius 1 is 1.44 bits per heavy atom. The molecule has 1 atom stereocenters. The fourth-order valence-corrected chi connectivity index (χ4v) is 1.94. The minimum Gasteiger partial charge on any atom is -0.271 e. The third-order valence-corrected chi connectivity index (χ3v) is 3.28. The molecule has 0 radical (unpaired) electrons. The molecule has 0 amide bonds. The highest BCUT2D eigenvalue weighted by atomic mass is 79.9. The molecule has 0 fully saturated rings. The minimum atomic E-state index is -0.239. The smallest absolute Gasteiger partial charge is 0.137 e. The molecule has 0 aliphatic heterocycles. The highest BCUT2D eigenvalue weighted by Crippen LogP contribution is 2.24. The molecule has 16 heavy (non-hydrogen) atoms. The van der Waals surface area contributed by atoms with E-state index in [4.69, 9.17) is 5.84 Å². The second-order valence-electron chi connectivity index (χ2n) is 5.04. The van der Waals surface area contributed by atoms with Crippen LogP contribution in [-0.4, -0.2) is 6.04 Å². The summed E-state index contributed by atoms with van der Waals surface area (Å²) in [4.78, 5) is 0. The summed E-state index contributed by atoms with van der Waals surface area (Å²) in [5.74, 6) is 5.30. The number of hydrogen-bond donors (Lipinski definition) is 2. The van der Waals surface area contributed by atoms with Crippen molar-refractivity contribution in [2.75, 3.05) is 0 Å². The number of hydrazine groups is 1. The van der Waals surface area contributed by atoms with E-state index < -0.39 is 0 Å². The third kappa shape index (κ3) is 3.54. The topological polar surface area (TPSA) is 38.0 Å². The highest BCUT2D eigenvalue weighted by molar-refractivity contribution is 9.10. The molecule has 90 valence electrons. The van der Waals surface area contributed by atoms with Crippen molar-refractivity contribution >= 4 is 15.9 Å². The van der Waals surface area contributed by atoms with E-state index in [0.717, 1.165) is 12.0 Å². The number of rotatable bonds is 3. The van der Waals surface area contributed by atoms with Gasteiger partial charge in [-0.1, -0.05) is 26.8 Å². The Balaban J connectivity index is 2.83. The maximum atomic E-state index is 13.1. The van der Waals surface area contributed by atoms with Crippen molar-refractivity contribution in [3.63, 3.8) is 0 Å². The van der Waals surface area contributed by atoms with E-state index in [2.05, 4.69) is 42.1 Å². The van der Waals surface area contributed by atoms with Gasteiger partial charge in [0.15, 0.2) is 0 Å². The van der Waals surface area contributed by atoms with Gasteiger partial charge in [-0.2, -0.15) is 0 Å². The van der Waals surface area contributed by atoms with Crippen LogP contribution in [0.5, 0.6) is 0 Å². The van der Waals surface area contributed by atoms with Crippen LogP contribution in [0.15, 0.2) is 22.7 Å². The van der Waals surface area contributed by atoms with Crippen LogP contribution in [0.1, 0.15) is 26.3 Å². The predicted molar refractivity (Wildman–Crippen MR) is 68.4 cm³/mol. The van der Waals surface area contributed by atoms with E-state index in [-0.39, 0.29) is 17.3 Å². The second-order valence-corrected chi connectivity index (χ2v) is 5.89.